The van der Waals surface area contributed by atoms with Crippen LogP contribution in [0.4, 0.5) is 0 Å². The Morgan fingerprint density at radius 3 is 3.15 bits per heavy atom. The molecule has 0 aliphatic carbocycles. The highest BCUT2D eigenvalue weighted by molar-refractivity contribution is 5.07. The van der Waals surface area contributed by atoms with E-state index in [1.807, 2.05) is 6.20 Å². The summed E-state index contributed by atoms with van der Waals surface area (Å²) in [6.07, 6.45) is 3.47. The largest absolute Gasteiger partial charge is 0.391 e. The zero-order chi connectivity index (χ0) is 9.26. The molecule has 0 aromatic carbocycles. The molecule has 1 aliphatic rings. The van der Waals surface area contributed by atoms with Crippen molar-refractivity contribution in [2.24, 2.45) is 0 Å². The number of β-amino-alcohol motifs (C(OH)–C–C–N with tert-alkyl or cyclic N) is 1. The van der Waals surface area contributed by atoms with Gasteiger partial charge in [-0.3, -0.25) is 0 Å². The highest BCUT2D eigenvalue weighted by Gasteiger charge is 2.29. The van der Waals surface area contributed by atoms with Crippen LogP contribution in [0.1, 0.15) is 18.7 Å². The van der Waals surface area contributed by atoms with Gasteiger partial charge < -0.3 is 15.0 Å². The molecule has 1 aromatic heterocycles. The van der Waals surface area contributed by atoms with Crippen molar-refractivity contribution in [1.29, 1.82) is 0 Å². The van der Waals surface area contributed by atoms with Gasteiger partial charge in [-0.1, -0.05) is 0 Å². The van der Waals surface area contributed by atoms with E-state index in [4.69, 9.17) is 0 Å². The number of aliphatic hydroxyl groups is 1. The van der Waals surface area contributed by atoms with Gasteiger partial charge in [0.05, 0.1) is 12.0 Å². The van der Waals surface area contributed by atoms with E-state index in [1.165, 1.54) is 0 Å². The molecule has 2 rings (SSSR count). The maximum atomic E-state index is 9.66. The molecule has 72 valence electrons. The van der Waals surface area contributed by atoms with Gasteiger partial charge in [-0.15, -0.1) is 0 Å². The predicted octanol–water partition coefficient (Wildman–Crippen LogP) is -0.0493. The fourth-order valence-electron chi connectivity index (χ4n) is 1.85. The second kappa shape index (κ2) is 3.47. The summed E-state index contributed by atoms with van der Waals surface area (Å²) in [7, 11) is 0. The molecule has 1 fully saturated rings. The fourth-order valence-corrected chi connectivity index (χ4v) is 1.85. The summed E-state index contributed by atoms with van der Waals surface area (Å²) in [5.41, 5.74) is 0. The maximum Gasteiger partial charge on any atom is 0.115 e. The topological polar surface area (TPSA) is 50.1 Å². The lowest BCUT2D eigenvalue weighted by atomic mass is 10.1. The minimum atomic E-state index is -0.285. The van der Waals surface area contributed by atoms with E-state index in [1.54, 1.807) is 6.20 Å². The van der Waals surface area contributed by atoms with Crippen LogP contribution in [-0.4, -0.2) is 33.9 Å². The molecule has 2 atom stereocenters. The van der Waals surface area contributed by atoms with Crippen molar-refractivity contribution in [3.63, 3.8) is 0 Å². The molecular formula is C9H15N3O. The Morgan fingerprint density at radius 1 is 1.69 bits per heavy atom. The lowest BCUT2D eigenvalue weighted by Gasteiger charge is -2.13. The molecule has 0 spiro atoms. The molecule has 2 heterocycles. The Labute approximate surface area is 77.6 Å². The van der Waals surface area contributed by atoms with E-state index in [2.05, 4.69) is 21.8 Å². The first-order valence-corrected chi connectivity index (χ1v) is 4.72. The van der Waals surface area contributed by atoms with Crippen molar-refractivity contribution < 1.29 is 5.11 Å². The van der Waals surface area contributed by atoms with Gasteiger partial charge in [0.1, 0.15) is 5.82 Å². The fraction of sp³-hybridized carbons (Fsp3) is 0.667. The molecule has 4 nitrogen and oxygen atoms in total. The summed E-state index contributed by atoms with van der Waals surface area (Å²) in [5.74, 6) is 1.16. The standard InChI is InChI=1S/C9H15N3O/c1-2-12-4-3-11-9(12)7-5-10-6-8(7)13/h3-4,7-8,10,13H,2,5-6H2,1H3/t7-,8-/m1/s1. The average molecular weight is 181 g/mol. The van der Waals surface area contributed by atoms with Crippen LogP contribution in [-0.2, 0) is 6.54 Å². The number of imidazole rings is 1. The lowest BCUT2D eigenvalue weighted by molar-refractivity contribution is 0.173. The molecule has 4 heteroatoms. The monoisotopic (exact) mass is 181 g/mol. The molecule has 1 aliphatic heterocycles. The molecule has 0 amide bonds. The van der Waals surface area contributed by atoms with Gasteiger partial charge in [0, 0.05) is 32.0 Å². The summed E-state index contributed by atoms with van der Waals surface area (Å²) >= 11 is 0. The maximum absolute atomic E-state index is 9.66. The molecular weight excluding hydrogens is 166 g/mol. The van der Waals surface area contributed by atoms with E-state index < -0.39 is 0 Å². The Kier molecular flexibility index (Phi) is 2.33. The van der Waals surface area contributed by atoms with Gasteiger partial charge in [0.2, 0.25) is 0 Å². The van der Waals surface area contributed by atoms with Gasteiger partial charge in [-0.05, 0) is 6.92 Å². The van der Waals surface area contributed by atoms with Gasteiger partial charge in [0.25, 0.3) is 0 Å². The van der Waals surface area contributed by atoms with Crippen LogP contribution in [0.3, 0.4) is 0 Å². The van der Waals surface area contributed by atoms with Crippen LogP contribution < -0.4 is 5.32 Å². The van der Waals surface area contributed by atoms with Crippen molar-refractivity contribution in [3.8, 4) is 0 Å². The molecule has 0 unspecified atom stereocenters. The second-order valence-corrected chi connectivity index (χ2v) is 3.40. The molecule has 0 bridgehead atoms. The SMILES string of the molecule is CCn1ccnc1[C@@H]1CNC[C@H]1O. The Balaban J connectivity index is 2.23. The van der Waals surface area contributed by atoms with Gasteiger partial charge in [0.15, 0.2) is 0 Å². The van der Waals surface area contributed by atoms with Gasteiger partial charge in [-0.25, -0.2) is 4.98 Å². The third-order valence-corrected chi connectivity index (χ3v) is 2.60. The number of aromatic nitrogens is 2. The number of hydrogen-bond donors (Lipinski definition) is 2. The number of nitrogens with zero attached hydrogens (tertiary/aromatic N) is 2. The van der Waals surface area contributed by atoms with Gasteiger partial charge in [-0.2, -0.15) is 0 Å². The number of aliphatic hydroxyl groups excluding tert-OH is 1. The third kappa shape index (κ3) is 1.47. The number of nitrogens with one attached hydrogen (secondary N) is 1. The smallest absolute Gasteiger partial charge is 0.115 e. The van der Waals surface area contributed by atoms with E-state index in [9.17, 15) is 5.11 Å². The predicted molar refractivity (Wildman–Crippen MR) is 49.5 cm³/mol. The summed E-state index contributed by atoms with van der Waals surface area (Å²) in [6, 6.07) is 0. The van der Waals surface area contributed by atoms with Gasteiger partial charge >= 0.3 is 0 Å². The molecule has 0 saturated carbocycles. The van der Waals surface area contributed by atoms with Crippen molar-refractivity contribution >= 4 is 0 Å². The number of rotatable bonds is 2. The molecule has 2 N–H and O–H groups in total. The van der Waals surface area contributed by atoms with Crippen molar-refractivity contribution in [2.45, 2.75) is 25.5 Å². The Hall–Kier alpha value is -0.870. The second-order valence-electron chi connectivity index (χ2n) is 3.40. The van der Waals surface area contributed by atoms with E-state index >= 15 is 0 Å². The Morgan fingerprint density at radius 2 is 2.54 bits per heavy atom. The first-order chi connectivity index (χ1) is 6.33. The van der Waals surface area contributed by atoms with Crippen LogP contribution in [0.5, 0.6) is 0 Å². The molecule has 1 aromatic rings. The number of aryl methyl sites for hydroxylation is 1. The van der Waals surface area contributed by atoms with Crippen LogP contribution in [0.2, 0.25) is 0 Å². The zero-order valence-electron chi connectivity index (χ0n) is 7.77. The lowest BCUT2D eigenvalue weighted by Crippen LogP contribution is -2.19. The van der Waals surface area contributed by atoms with Crippen LogP contribution in [0.15, 0.2) is 12.4 Å². The molecule has 0 radical (unpaired) electrons. The molecule has 1 saturated heterocycles. The normalized spacial score (nSPS) is 28.2. The minimum Gasteiger partial charge on any atom is -0.391 e. The van der Waals surface area contributed by atoms with Crippen LogP contribution in [0, 0.1) is 0 Å². The summed E-state index contributed by atoms with van der Waals surface area (Å²) in [5, 5.41) is 12.8. The van der Waals surface area contributed by atoms with E-state index in [0.717, 1.165) is 18.9 Å². The summed E-state index contributed by atoms with van der Waals surface area (Å²) in [6.45, 7) is 4.51. The number of hydrogen-bond acceptors (Lipinski definition) is 3. The Bertz CT molecular complexity index is 284. The highest BCUT2D eigenvalue weighted by atomic mass is 16.3. The first-order valence-electron chi connectivity index (χ1n) is 4.72. The molecule has 13 heavy (non-hydrogen) atoms. The summed E-state index contributed by atoms with van der Waals surface area (Å²) < 4.78 is 2.08. The first kappa shape index (κ1) is 8.72. The van der Waals surface area contributed by atoms with E-state index in [0.29, 0.717) is 6.54 Å². The summed E-state index contributed by atoms with van der Waals surface area (Å²) in [4.78, 5) is 4.28. The van der Waals surface area contributed by atoms with Crippen molar-refractivity contribution in [1.82, 2.24) is 14.9 Å². The third-order valence-electron chi connectivity index (χ3n) is 2.60. The quantitative estimate of drug-likeness (QED) is 0.672. The highest BCUT2D eigenvalue weighted by Crippen LogP contribution is 2.20. The minimum absolute atomic E-state index is 0.162. The van der Waals surface area contributed by atoms with Crippen molar-refractivity contribution in [3.05, 3.63) is 18.2 Å². The average Bonchev–Trinajstić information content (AvgIpc) is 2.71. The van der Waals surface area contributed by atoms with Crippen LogP contribution in [0.25, 0.3) is 0 Å². The van der Waals surface area contributed by atoms with E-state index in [-0.39, 0.29) is 12.0 Å². The van der Waals surface area contributed by atoms with Crippen molar-refractivity contribution in [2.75, 3.05) is 13.1 Å². The van der Waals surface area contributed by atoms with Crippen LogP contribution >= 0.6 is 0 Å². The zero-order valence-corrected chi connectivity index (χ0v) is 7.77.